The third-order valence-corrected chi connectivity index (χ3v) is 3.10. The van der Waals surface area contributed by atoms with Gasteiger partial charge in [-0.25, -0.2) is 0 Å². The lowest BCUT2D eigenvalue weighted by molar-refractivity contribution is -0.131. The van der Waals surface area contributed by atoms with Crippen molar-refractivity contribution in [1.82, 2.24) is 4.90 Å². The SMILES string of the molecule is CCCN1C(=O)C2=C(CCCC2)[C@@H]1O. The molecule has 0 aromatic carbocycles. The van der Waals surface area contributed by atoms with E-state index in [-0.39, 0.29) is 5.91 Å². The summed E-state index contributed by atoms with van der Waals surface area (Å²) < 4.78 is 0. The van der Waals surface area contributed by atoms with Crippen LogP contribution in [-0.4, -0.2) is 28.7 Å². The van der Waals surface area contributed by atoms with Crippen molar-refractivity contribution >= 4 is 5.91 Å². The van der Waals surface area contributed by atoms with E-state index in [0.29, 0.717) is 6.54 Å². The summed E-state index contributed by atoms with van der Waals surface area (Å²) in [6.07, 6.45) is 4.27. The van der Waals surface area contributed by atoms with Crippen molar-refractivity contribution in [3.05, 3.63) is 11.1 Å². The number of nitrogens with zero attached hydrogens (tertiary/aromatic N) is 1. The summed E-state index contributed by atoms with van der Waals surface area (Å²) in [4.78, 5) is 13.5. The highest BCUT2D eigenvalue weighted by Gasteiger charge is 2.37. The molecule has 1 atom stereocenters. The van der Waals surface area contributed by atoms with Crippen molar-refractivity contribution in [2.45, 2.75) is 45.3 Å². The van der Waals surface area contributed by atoms with E-state index < -0.39 is 6.23 Å². The summed E-state index contributed by atoms with van der Waals surface area (Å²) in [5.74, 6) is 0.0778. The molecule has 14 heavy (non-hydrogen) atoms. The van der Waals surface area contributed by atoms with Crippen LogP contribution in [0.25, 0.3) is 0 Å². The van der Waals surface area contributed by atoms with Crippen LogP contribution in [0.4, 0.5) is 0 Å². The summed E-state index contributed by atoms with van der Waals surface area (Å²) in [6.45, 7) is 2.70. The van der Waals surface area contributed by atoms with Crippen LogP contribution < -0.4 is 0 Å². The van der Waals surface area contributed by atoms with Crippen LogP contribution in [0.5, 0.6) is 0 Å². The summed E-state index contributed by atoms with van der Waals surface area (Å²) in [5.41, 5.74) is 1.90. The summed E-state index contributed by atoms with van der Waals surface area (Å²) in [7, 11) is 0. The van der Waals surface area contributed by atoms with Gasteiger partial charge >= 0.3 is 0 Å². The standard InChI is InChI=1S/C11H17NO2/c1-2-7-12-10(13)8-5-3-4-6-9(8)11(12)14/h10,13H,2-7H2,1H3/t10-/m0/s1. The normalized spacial score (nSPS) is 27.1. The van der Waals surface area contributed by atoms with Gasteiger partial charge in [-0.1, -0.05) is 6.92 Å². The average Bonchev–Trinajstić information content (AvgIpc) is 2.45. The molecule has 3 nitrogen and oxygen atoms in total. The van der Waals surface area contributed by atoms with Crippen molar-refractivity contribution < 1.29 is 9.90 Å². The Morgan fingerprint density at radius 2 is 2.14 bits per heavy atom. The first-order valence-electron chi connectivity index (χ1n) is 5.46. The van der Waals surface area contributed by atoms with E-state index >= 15 is 0 Å². The minimum Gasteiger partial charge on any atom is -0.369 e. The highest BCUT2D eigenvalue weighted by Crippen LogP contribution is 2.35. The molecule has 0 radical (unpaired) electrons. The minimum absolute atomic E-state index is 0.0778. The Balaban J connectivity index is 2.21. The van der Waals surface area contributed by atoms with E-state index in [0.717, 1.165) is 43.3 Å². The fourth-order valence-electron chi connectivity index (χ4n) is 2.40. The minimum atomic E-state index is -0.613. The van der Waals surface area contributed by atoms with Gasteiger partial charge in [-0.05, 0) is 37.7 Å². The molecule has 1 aliphatic heterocycles. The molecule has 1 amide bonds. The molecule has 0 unspecified atom stereocenters. The number of aliphatic hydroxyl groups excluding tert-OH is 1. The van der Waals surface area contributed by atoms with E-state index in [4.69, 9.17) is 0 Å². The van der Waals surface area contributed by atoms with Gasteiger partial charge in [0, 0.05) is 12.1 Å². The first-order valence-corrected chi connectivity index (χ1v) is 5.46. The molecule has 1 heterocycles. The van der Waals surface area contributed by atoms with Gasteiger partial charge in [0.25, 0.3) is 5.91 Å². The highest BCUT2D eigenvalue weighted by atomic mass is 16.3. The van der Waals surface area contributed by atoms with Crippen LogP contribution in [0.3, 0.4) is 0 Å². The van der Waals surface area contributed by atoms with E-state index in [1.54, 1.807) is 4.90 Å². The largest absolute Gasteiger partial charge is 0.369 e. The zero-order valence-electron chi connectivity index (χ0n) is 8.62. The summed E-state index contributed by atoms with van der Waals surface area (Å²) >= 11 is 0. The monoisotopic (exact) mass is 195 g/mol. The molecule has 2 aliphatic rings. The lowest BCUT2D eigenvalue weighted by Gasteiger charge is -2.21. The van der Waals surface area contributed by atoms with Crippen molar-refractivity contribution in [1.29, 1.82) is 0 Å². The van der Waals surface area contributed by atoms with Crippen molar-refractivity contribution in [3.63, 3.8) is 0 Å². The van der Waals surface area contributed by atoms with Crippen LogP contribution >= 0.6 is 0 Å². The third kappa shape index (κ3) is 1.36. The second-order valence-electron chi connectivity index (χ2n) is 4.08. The van der Waals surface area contributed by atoms with Gasteiger partial charge in [0.05, 0.1) is 0 Å². The van der Waals surface area contributed by atoms with Crippen LogP contribution in [0, 0.1) is 0 Å². The fourth-order valence-corrected chi connectivity index (χ4v) is 2.40. The van der Waals surface area contributed by atoms with Gasteiger partial charge in [0.1, 0.15) is 0 Å². The molecule has 0 bridgehead atoms. The first kappa shape index (κ1) is 9.71. The van der Waals surface area contributed by atoms with Crippen LogP contribution in [0.15, 0.2) is 11.1 Å². The number of amides is 1. The predicted molar refractivity (Wildman–Crippen MR) is 53.5 cm³/mol. The number of rotatable bonds is 2. The van der Waals surface area contributed by atoms with E-state index in [9.17, 15) is 9.90 Å². The third-order valence-electron chi connectivity index (χ3n) is 3.10. The number of hydrogen-bond acceptors (Lipinski definition) is 2. The van der Waals surface area contributed by atoms with Gasteiger partial charge < -0.3 is 10.0 Å². The van der Waals surface area contributed by atoms with Gasteiger partial charge in [0.15, 0.2) is 6.23 Å². The number of carbonyl (C=O) groups excluding carboxylic acids is 1. The molecular formula is C11H17NO2. The molecule has 0 aromatic heterocycles. The van der Waals surface area contributed by atoms with Crippen LogP contribution in [0.1, 0.15) is 39.0 Å². The van der Waals surface area contributed by atoms with Gasteiger partial charge in [-0.15, -0.1) is 0 Å². The highest BCUT2D eigenvalue weighted by molar-refractivity contribution is 5.97. The van der Waals surface area contributed by atoms with Crippen molar-refractivity contribution in [2.75, 3.05) is 6.54 Å². The zero-order chi connectivity index (χ0) is 10.1. The molecule has 0 saturated carbocycles. The maximum atomic E-state index is 11.8. The number of aliphatic hydroxyl groups is 1. The zero-order valence-corrected chi connectivity index (χ0v) is 8.62. The molecule has 1 N–H and O–H groups in total. The number of hydrogen-bond donors (Lipinski definition) is 1. The molecule has 1 aliphatic carbocycles. The maximum absolute atomic E-state index is 11.8. The smallest absolute Gasteiger partial charge is 0.252 e. The molecule has 0 fully saturated rings. The summed E-state index contributed by atoms with van der Waals surface area (Å²) in [6, 6.07) is 0. The Labute approximate surface area is 84.4 Å². The number of carbonyl (C=O) groups is 1. The quantitative estimate of drug-likeness (QED) is 0.724. The first-order chi connectivity index (χ1) is 6.75. The fraction of sp³-hybridized carbons (Fsp3) is 0.727. The van der Waals surface area contributed by atoms with E-state index in [1.807, 2.05) is 6.92 Å². The molecule has 3 heteroatoms. The van der Waals surface area contributed by atoms with Gasteiger partial charge in [-0.2, -0.15) is 0 Å². The second kappa shape index (κ2) is 3.73. The lowest BCUT2D eigenvalue weighted by Crippen LogP contribution is -2.35. The molecule has 0 spiro atoms. The van der Waals surface area contributed by atoms with E-state index in [2.05, 4.69) is 0 Å². The average molecular weight is 195 g/mol. The summed E-state index contributed by atoms with van der Waals surface area (Å²) in [5, 5.41) is 9.93. The second-order valence-corrected chi connectivity index (χ2v) is 4.08. The lowest BCUT2D eigenvalue weighted by atomic mass is 9.93. The Morgan fingerprint density at radius 1 is 1.43 bits per heavy atom. The molecule has 0 aromatic rings. The molecule has 0 saturated heterocycles. The van der Waals surface area contributed by atoms with Crippen molar-refractivity contribution in [2.24, 2.45) is 0 Å². The predicted octanol–water partition coefficient (Wildman–Crippen LogP) is 1.43. The molecule has 78 valence electrons. The Kier molecular flexibility index (Phi) is 2.59. The van der Waals surface area contributed by atoms with Crippen LogP contribution in [-0.2, 0) is 4.79 Å². The Bertz CT molecular complexity index is 283. The Morgan fingerprint density at radius 3 is 2.79 bits per heavy atom. The molecular weight excluding hydrogens is 178 g/mol. The topological polar surface area (TPSA) is 40.5 Å². The maximum Gasteiger partial charge on any atom is 0.252 e. The van der Waals surface area contributed by atoms with E-state index in [1.165, 1.54) is 0 Å². The van der Waals surface area contributed by atoms with Crippen LogP contribution in [0.2, 0.25) is 0 Å². The van der Waals surface area contributed by atoms with Gasteiger partial charge in [0.2, 0.25) is 0 Å². The molecule has 2 rings (SSSR count). The van der Waals surface area contributed by atoms with Crippen molar-refractivity contribution in [3.8, 4) is 0 Å². The van der Waals surface area contributed by atoms with Gasteiger partial charge in [-0.3, -0.25) is 4.79 Å². The Hall–Kier alpha value is -0.830.